The van der Waals surface area contributed by atoms with Gasteiger partial charge < -0.3 is 19.1 Å². The molecule has 0 saturated carbocycles. The summed E-state index contributed by atoms with van der Waals surface area (Å²) in [5.74, 6) is -0.833. The number of anilines is 1. The number of carboxylic acid groups (broad SMARTS) is 1. The number of nitrogens with zero attached hydrogens (tertiary/aromatic N) is 3. The quantitative estimate of drug-likeness (QED) is 0.788. The van der Waals surface area contributed by atoms with E-state index in [1.54, 1.807) is 7.11 Å². The molecule has 0 unspecified atom stereocenters. The number of benzene rings is 1. The molecule has 0 atom stereocenters. The molecule has 6 nitrogen and oxygen atoms in total. The number of hydrogen-bond donors (Lipinski definition) is 1. The van der Waals surface area contributed by atoms with E-state index in [0.717, 1.165) is 29.5 Å². The number of methoxy groups -OCH3 is 1. The first kappa shape index (κ1) is 18.5. The summed E-state index contributed by atoms with van der Waals surface area (Å²) in [5, 5.41) is 7.42. The van der Waals surface area contributed by atoms with Gasteiger partial charge in [-0.25, -0.2) is 4.98 Å². The summed E-state index contributed by atoms with van der Waals surface area (Å²) in [5.41, 5.74) is 5.37. The van der Waals surface area contributed by atoms with E-state index in [2.05, 4.69) is 47.5 Å². The Morgan fingerprint density at radius 2 is 1.88 bits per heavy atom. The van der Waals surface area contributed by atoms with Gasteiger partial charge in [0.15, 0.2) is 0 Å². The number of rotatable bonds is 4. The van der Waals surface area contributed by atoms with E-state index in [4.69, 9.17) is 19.6 Å². The summed E-state index contributed by atoms with van der Waals surface area (Å²) < 4.78 is 7.18. The highest BCUT2D eigenvalue weighted by Gasteiger charge is 2.06. The third kappa shape index (κ3) is 5.06. The van der Waals surface area contributed by atoms with Crippen LogP contribution in [0.3, 0.4) is 0 Å². The Kier molecular flexibility index (Phi) is 6.14. The van der Waals surface area contributed by atoms with Crippen molar-refractivity contribution in [1.82, 2.24) is 9.38 Å². The second-order valence-corrected chi connectivity index (χ2v) is 5.82. The largest absolute Gasteiger partial charge is 0.481 e. The van der Waals surface area contributed by atoms with Crippen molar-refractivity contribution < 1.29 is 14.6 Å². The molecule has 0 fully saturated rings. The fourth-order valence-electron chi connectivity index (χ4n) is 2.33. The third-order valence-electron chi connectivity index (χ3n) is 3.52. The highest BCUT2D eigenvalue weighted by atomic mass is 16.5. The minimum atomic E-state index is -0.833. The number of pyridine rings is 1. The predicted octanol–water partition coefficient (Wildman–Crippen LogP) is 3.30. The van der Waals surface area contributed by atoms with Crippen molar-refractivity contribution in [1.29, 1.82) is 0 Å². The van der Waals surface area contributed by atoms with E-state index >= 15 is 0 Å². The molecule has 0 amide bonds. The Labute approximate surface area is 147 Å². The molecule has 0 radical (unpaired) electrons. The number of ether oxygens (including phenoxy) is 1. The van der Waals surface area contributed by atoms with Crippen LogP contribution in [0.15, 0.2) is 48.8 Å². The maximum Gasteiger partial charge on any atom is 0.300 e. The van der Waals surface area contributed by atoms with Crippen LogP contribution in [0.1, 0.15) is 12.5 Å². The molecule has 2 aromatic heterocycles. The first-order valence-corrected chi connectivity index (χ1v) is 7.84. The van der Waals surface area contributed by atoms with Crippen LogP contribution in [0.25, 0.3) is 16.9 Å². The van der Waals surface area contributed by atoms with Gasteiger partial charge in [-0.2, -0.15) is 0 Å². The lowest BCUT2D eigenvalue weighted by molar-refractivity contribution is -0.134. The van der Waals surface area contributed by atoms with Crippen LogP contribution in [0.2, 0.25) is 0 Å². The number of hydrogen-bond acceptors (Lipinski definition) is 4. The van der Waals surface area contributed by atoms with Crippen molar-refractivity contribution in [3.8, 4) is 11.3 Å². The molecule has 25 heavy (non-hydrogen) atoms. The van der Waals surface area contributed by atoms with Gasteiger partial charge in [0.1, 0.15) is 5.65 Å². The molecule has 0 aliphatic carbocycles. The summed E-state index contributed by atoms with van der Waals surface area (Å²) in [6, 6.07) is 12.5. The average Bonchev–Trinajstić information content (AvgIpc) is 2.98. The van der Waals surface area contributed by atoms with E-state index < -0.39 is 5.97 Å². The van der Waals surface area contributed by atoms with E-state index in [-0.39, 0.29) is 0 Å². The van der Waals surface area contributed by atoms with Crippen LogP contribution >= 0.6 is 0 Å². The van der Waals surface area contributed by atoms with Gasteiger partial charge in [-0.1, -0.05) is 24.3 Å². The van der Waals surface area contributed by atoms with E-state index in [0.29, 0.717) is 6.61 Å². The molecular formula is C19H23N3O3. The SMILES string of the molecule is CC(=O)O.COCc1ccc(-c2cn3ccc(N(C)C)cc3n2)cc1. The van der Waals surface area contributed by atoms with Crippen molar-refractivity contribution in [2.75, 3.05) is 26.1 Å². The lowest BCUT2D eigenvalue weighted by Gasteiger charge is -2.11. The normalized spacial score (nSPS) is 10.2. The fourth-order valence-corrected chi connectivity index (χ4v) is 2.33. The van der Waals surface area contributed by atoms with E-state index in [9.17, 15) is 0 Å². The molecule has 1 aromatic carbocycles. The number of aromatic nitrogens is 2. The molecule has 0 aliphatic heterocycles. The predicted molar refractivity (Wildman–Crippen MR) is 99.0 cm³/mol. The van der Waals surface area contributed by atoms with Crippen LogP contribution in [0, 0.1) is 0 Å². The maximum atomic E-state index is 9.00. The number of aliphatic carboxylic acids is 1. The zero-order valence-electron chi connectivity index (χ0n) is 14.9. The van der Waals surface area contributed by atoms with Crippen molar-refractivity contribution in [3.05, 3.63) is 54.4 Å². The van der Waals surface area contributed by atoms with E-state index in [1.807, 2.05) is 24.7 Å². The van der Waals surface area contributed by atoms with Gasteiger partial charge in [0.25, 0.3) is 5.97 Å². The molecular weight excluding hydrogens is 318 g/mol. The van der Waals surface area contributed by atoms with Crippen LogP contribution < -0.4 is 4.90 Å². The van der Waals surface area contributed by atoms with Gasteiger partial charge in [0, 0.05) is 57.8 Å². The topological polar surface area (TPSA) is 67.1 Å². The minimum absolute atomic E-state index is 0.637. The lowest BCUT2D eigenvalue weighted by Crippen LogP contribution is -2.08. The maximum absolute atomic E-state index is 9.00. The van der Waals surface area contributed by atoms with Crippen molar-refractivity contribution in [2.24, 2.45) is 0 Å². The van der Waals surface area contributed by atoms with Crippen LogP contribution in [0.4, 0.5) is 5.69 Å². The van der Waals surface area contributed by atoms with Gasteiger partial charge in [-0.05, 0) is 11.6 Å². The Morgan fingerprint density at radius 3 is 2.44 bits per heavy atom. The summed E-state index contributed by atoms with van der Waals surface area (Å²) >= 11 is 0. The van der Waals surface area contributed by atoms with Gasteiger partial charge in [-0.3, -0.25) is 4.79 Å². The molecule has 3 rings (SSSR count). The minimum Gasteiger partial charge on any atom is -0.481 e. The average molecular weight is 341 g/mol. The van der Waals surface area contributed by atoms with Gasteiger partial charge in [-0.15, -0.1) is 0 Å². The molecule has 6 heteroatoms. The summed E-state index contributed by atoms with van der Waals surface area (Å²) in [4.78, 5) is 15.8. The van der Waals surface area contributed by atoms with Gasteiger partial charge >= 0.3 is 0 Å². The smallest absolute Gasteiger partial charge is 0.300 e. The second kappa shape index (κ2) is 8.30. The van der Waals surface area contributed by atoms with Gasteiger partial charge in [0.05, 0.1) is 12.3 Å². The molecule has 2 heterocycles. The van der Waals surface area contributed by atoms with Crippen molar-refractivity contribution in [2.45, 2.75) is 13.5 Å². The van der Waals surface area contributed by atoms with Crippen LogP contribution in [-0.2, 0) is 16.1 Å². The van der Waals surface area contributed by atoms with Crippen LogP contribution in [-0.4, -0.2) is 41.7 Å². The second-order valence-electron chi connectivity index (χ2n) is 5.82. The highest BCUT2D eigenvalue weighted by Crippen LogP contribution is 2.22. The first-order valence-electron chi connectivity index (χ1n) is 7.84. The zero-order valence-corrected chi connectivity index (χ0v) is 14.9. The third-order valence-corrected chi connectivity index (χ3v) is 3.52. The summed E-state index contributed by atoms with van der Waals surface area (Å²) in [7, 11) is 5.77. The van der Waals surface area contributed by atoms with Gasteiger partial charge in [0.2, 0.25) is 0 Å². The Bertz CT molecular complexity index is 835. The monoisotopic (exact) mass is 341 g/mol. The lowest BCUT2D eigenvalue weighted by atomic mass is 10.1. The highest BCUT2D eigenvalue weighted by molar-refractivity contribution is 5.65. The summed E-state index contributed by atoms with van der Waals surface area (Å²) in [6.07, 6.45) is 4.10. The Hall–Kier alpha value is -2.86. The molecule has 1 N–H and O–H groups in total. The van der Waals surface area contributed by atoms with Crippen LogP contribution in [0.5, 0.6) is 0 Å². The van der Waals surface area contributed by atoms with Crippen molar-refractivity contribution in [3.63, 3.8) is 0 Å². The first-order chi connectivity index (χ1) is 11.9. The number of imidazole rings is 1. The molecule has 0 spiro atoms. The molecule has 0 saturated heterocycles. The number of carbonyl (C=O) groups is 1. The molecule has 0 bridgehead atoms. The molecule has 132 valence electrons. The zero-order chi connectivity index (χ0) is 18.4. The summed E-state index contributed by atoms with van der Waals surface area (Å²) in [6.45, 7) is 1.72. The number of fused-ring (bicyclic) bond motifs is 1. The molecule has 0 aliphatic rings. The number of carboxylic acids is 1. The van der Waals surface area contributed by atoms with Crippen molar-refractivity contribution >= 4 is 17.3 Å². The molecule has 3 aromatic rings. The fraction of sp³-hybridized carbons (Fsp3) is 0.263. The standard InChI is InChI=1S/C17H19N3O.C2H4O2/c1-19(2)15-8-9-20-11-16(18-17(20)10-15)14-6-4-13(5-7-14)12-21-3;1-2(3)4/h4-11H,12H2,1-3H3;1H3,(H,3,4). The Balaban J connectivity index is 0.000000511. The van der Waals surface area contributed by atoms with E-state index in [1.165, 1.54) is 5.56 Å². The Morgan fingerprint density at radius 1 is 1.24 bits per heavy atom.